The molecule has 5 heteroatoms. The van der Waals surface area contributed by atoms with E-state index in [1.807, 2.05) is 6.20 Å². The lowest BCUT2D eigenvalue weighted by Crippen LogP contribution is -2.41. The molecule has 2 heterocycles. The number of hydrogen-bond donors (Lipinski definition) is 2. The average Bonchev–Trinajstić information content (AvgIpc) is 3.07. The minimum atomic E-state index is -0.298. The van der Waals surface area contributed by atoms with Crippen LogP contribution >= 0.6 is 22.7 Å². The molecule has 0 spiro atoms. The summed E-state index contributed by atoms with van der Waals surface area (Å²) in [5.41, 5.74) is 1.07. The van der Waals surface area contributed by atoms with Gasteiger partial charge in [0.1, 0.15) is 5.01 Å². The van der Waals surface area contributed by atoms with Crippen molar-refractivity contribution < 1.29 is 5.11 Å². The summed E-state index contributed by atoms with van der Waals surface area (Å²) in [4.78, 5) is 5.70. The first-order valence-corrected chi connectivity index (χ1v) is 9.02. The standard InChI is InChI=1S/C16H24N2OS2/c1-11(2)14(19)16(3,4)10-17-7-13-8-18-15(21-13)12-5-6-20-9-12/h5-6,8-9,11,14,17,19H,7,10H2,1-4H3. The molecule has 0 saturated carbocycles. The Labute approximate surface area is 135 Å². The maximum atomic E-state index is 10.2. The Balaban J connectivity index is 1.87. The number of thiophene rings is 1. The van der Waals surface area contributed by atoms with E-state index in [0.29, 0.717) is 0 Å². The lowest BCUT2D eigenvalue weighted by molar-refractivity contribution is 0.0135. The first kappa shape index (κ1) is 16.6. The second kappa shape index (κ2) is 7.01. The van der Waals surface area contributed by atoms with Gasteiger partial charge >= 0.3 is 0 Å². The van der Waals surface area contributed by atoms with E-state index in [1.54, 1.807) is 22.7 Å². The van der Waals surface area contributed by atoms with Crippen LogP contribution in [0.15, 0.2) is 23.0 Å². The van der Waals surface area contributed by atoms with Gasteiger partial charge in [0.05, 0.1) is 6.10 Å². The Bertz CT molecular complexity index is 546. The smallest absolute Gasteiger partial charge is 0.124 e. The number of thiazole rings is 1. The molecule has 116 valence electrons. The molecular formula is C16H24N2OS2. The third-order valence-electron chi connectivity index (χ3n) is 3.63. The van der Waals surface area contributed by atoms with Crippen LogP contribution in [0.4, 0.5) is 0 Å². The Morgan fingerprint density at radius 3 is 2.76 bits per heavy atom. The van der Waals surface area contributed by atoms with Crippen LogP contribution in [0.2, 0.25) is 0 Å². The van der Waals surface area contributed by atoms with E-state index in [-0.39, 0.29) is 17.4 Å². The Morgan fingerprint density at radius 2 is 2.14 bits per heavy atom. The van der Waals surface area contributed by atoms with Crippen molar-refractivity contribution in [3.05, 3.63) is 27.9 Å². The number of aromatic nitrogens is 1. The maximum Gasteiger partial charge on any atom is 0.124 e. The molecule has 0 aliphatic rings. The van der Waals surface area contributed by atoms with Gasteiger partial charge in [-0.15, -0.1) is 11.3 Å². The van der Waals surface area contributed by atoms with Crippen molar-refractivity contribution in [2.24, 2.45) is 11.3 Å². The fourth-order valence-corrected chi connectivity index (χ4v) is 4.02. The molecule has 0 aliphatic carbocycles. The van der Waals surface area contributed by atoms with Gasteiger partial charge < -0.3 is 10.4 Å². The van der Waals surface area contributed by atoms with Crippen molar-refractivity contribution in [2.45, 2.75) is 40.3 Å². The number of rotatable bonds is 7. The molecule has 2 N–H and O–H groups in total. The van der Waals surface area contributed by atoms with Gasteiger partial charge in [-0.25, -0.2) is 4.98 Å². The molecule has 0 fully saturated rings. The molecule has 0 amide bonds. The predicted molar refractivity (Wildman–Crippen MR) is 91.8 cm³/mol. The molecule has 1 unspecified atom stereocenters. The van der Waals surface area contributed by atoms with Gasteiger partial charge in [-0.3, -0.25) is 0 Å². The van der Waals surface area contributed by atoms with Crippen molar-refractivity contribution in [2.75, 3.05) is 6.54 Å². The lowest BCUT2D eigenvalue weighted by atomic mass is 9.81. The summed E-state index contributed by atoms with van der Waals surface area (Å²) in [6.07, 6.45) is 1.64. The summed E-state index contributed by atoms with van der Waals surface area (Å²) in [6.45, 7) is 9.92. The van der Waals surface area contributed by atoms with Crippen LogP contribution in [-0.4, -0.2) is 22.7 Å². The third-order valence-corrected chi connectivity index (χ3v) is 5.36. The number of aliphatic hydroxyl groups is 1. The quantitative estimate of drug-likeness (QED) is 0.809. The van der Waals surface area contributed by atoms with Crippen LogP contribution in [0.25, 0.3) is 10.6 Å². The Morgan fingerprint density at radius 1 is 1.38 bits per heavy atom. The zero-order chi connectivity index (χ0) is 15.5. The first-order chi connectivity index (χ1) is 9.90. The van der Waals surface area contributed by atoms with Crippen molar-refractivity contribution >= 4 is 22.7 Å². The van der Waals surface area contributed by atoms with Crippen molar-refractivity contribution in [1.29, 1.82) is 0 Å². The van der Waals surface area contributed by atoms with Crippen molar-refractivity contribution in [3.63, 3.8) is 0 Å². The lowest BCUT2D eigenvalue weighted by Gasteiger charge is -2.33. The summed E-state index contributed by atoms with van der Waals surface area (Å²) in [5.74, 6) is 0.274. The van der Waals surface area contributed by atoms with E-state index < -0.39 is 0 Å². The minimum absolute atomic E-state index is 0.130. The number of hydrogen-bond acceptors (Lipinski definition) is 5. The molecule has 0 bridgehead atoms. The first-order valence-electron chi connectivity index (χ1n) is 7.26. The van der Waals surface area contributed by atoms with Crippen LogP contribution < -0.4 is 5.32 Å². The van der Waals surface area contributed by atoms with E-state index in [1.165, 1.54) is 10.4 Å². The van der Waals surface area contributed by atoms with E-state index in [4.69, 9.17) is 0 Å². The van der Waals surface area contributed by atoms with E-state index in [2.05, 4.69) is 54.8 Å². The van der Waals surface area contributed by atoms with E-state index in [0.717, 1.165) is 18.1 Å². The molecule has 2 rings (SSSR count). The molecule has 1 atom stereocenters. The van der Waals surface area contributed by atoms with Crippen LogP contribution in [0.5, 0.6) is 0 Å². The van der Waals surface area contributed by atoms with Gasteiger partial charge in [-0.1, -0.05) is 27.7 Å². The molecule has 0 saturated heterocycles. The second-order valence-corrected chi connectivity index (χ2v) is 8.32. The average molecular weight is 325 g/mol. The highest BCUT2D eigenvalue weighted by molar-refractivity contribution is 7.15. The van der Waals surface area contributed by atoms with Crippen LogP contribution in [0, 0.1) is 11.3 Å². The summed E-state index contributed by atoms with van der Waals surface area (Å²) in [7, 11) is 0. The maximum absolute atomic E-state index is 10.2. The van der Waals surface area contributed by atoms with E-state index in [9.17, 15) is 5.11 Å². The summed E-state index contributed by atoms with van der Waals surface area (Å²) in [6, 6.07) is 2.10. The largest absolute Gasteiger partial charge is 0.392 e. The van der Waals surface area contributed by atoms with Crippen LogP contribution in [-0.2, 0) is 6.54 Å². The van der Waals surface area contributed by atoms with Gasteiger partial charge in [-0.05, 0) is 17.4 Å². The second-order valence-electron chi connectivity index (χ2n) is 6.42. The SMILES string of the molecule is CC(C)C(O)C(C)(C)CNCc1cnc(-c2ccsc2)s1. The van der Waals surface area contributed by atoms with Crippen LogP contribution in [0.3, 0.4) is 0 Å². The zero-order valence-electron chi connectivity index (χ0n) is 13.1. The highest BCUT2D eigenvalue weighted by Gasteiger charge is 2.29. The highest BCUT2D eigenvalue weighted by Crippen LogP contribution is 2.28. The van der Waals surface area contributed by atoms with Gasteiger partial charge in [0, 0.05) is 40.5 Å². The van der Waals surface area contributed by atoms with Crippen molar-refractivity contribution in [1.82, 2.24) is 10.3 Å². The minimum Gasteiger partial charge on any atom is -0.392 e. The van der Waals surface area contributed by atoms with E-state index >= 15 is 0 Å². The molecule has 3 nitrogen and oxygen atoms in total. The van der Waals surface area contributed by atoms with Gasteiger partial charge in [0.15, 0.2) is 0 Å². The molecule has 2 aromatic heterocycles. The normalized spacial score (nSPS) is 13.8. The predicted octanol–water partition coefficient (Wildman–Crippen LogP) is 4.00. The molecule has 0 aromatic carbocycles. The molecule has 0 radical (unpaired) electrons. The summed E-state index contributed by atoms with van der Waals surface area (Å²) >= 11 is 3.42. The monoisotopic (exact) mass is 324 g/mol. The Kier molecular flexibility index (Phi) is 5.54. The molecule has 2 aromatic rings. The zero-order valence-corrected chi connectivity index (χ0v) is 14.7. The van der Waals surface area contributed by atoms with Crippen molar-refractivity contribution in [3.8, 4) is 10.6 Å². The molecule has 21 heavy (non-hydrogen) atoms. The number of aliphatic hydroxyl groups excluding tert-OH is 1. The highest BCUT2D eigenvalue weighted by atomic mass is 32.1. The number of nitrogens with one attached hydrogen (secondary N) is 1. The molecular weight excluding hydrogens is 300 g/mol. The number of nitrogens with zero attached hydrogens (tertiary/aromatic N) is 1. The van der Waals surface area contributed by atoms with Gasteiger partial charge in [0.25, 0.3) is 0 Å². The Hall–Kier alpha value is -0.750. The molecule has 0 aliphatic heterocycles. The topological polar surface area (TPSA) is 45.1 Å². The van der Waals surface area contributed by atoms with Crippen LogP contribution in [0.1, 0.15) is 32.6 Å². The summed E-state index contributed by atoms with van der Waals surface area (Å²) in [5, 5.41) is 19.0. The van der Waals surface area contributed by atoms with Gasteiger partial charge in [-0.2, -0.15) is 11.3 Å². The van der Waals surface area contributed by atoms with Gasteiger partial charge in [0.2, 0.25) is 0 Å². The fraction of sp³-hybridized carbons (Fsp3) is 0.562. The third kappa shape index (κ3) is 4.36. The fourth-order valence-electron chi connectivity index (χ4n) is 2.42. The summed E-state index contributed by atoms with van der Waals surface area (Å²) < 4.78 is 0.